The summed E-state index contributed by atoms with van der Waals surface area (Å²) in [7, 11) is 0. The lowest BCUT2D eigenvalue weighted by molar-refractivity contribution is 0.325. The first-order valence-electron chi connectivity index (χ1n) is 4.32. The monoisotopic (exact) mass is 185 g/mol. The lowest BCUT2D eigenvalue weighted by Gasteiger charge is -2.25. The van der Waals surface area contributed by atoms with Gasteiger partial charge in [-0.25, -0.2) is 0 Å². The highest BCUT2D eigenvalue weighted by atomic mass is 35.5. The first-order valence-corrected chi connectivity index (χ1v) is 4.70. The molecular formula is C9H12ClNO. The van der Waals surface area contributed by atoms with Gasteiger partial charge in [-0.05, 0) is 36.6 Å². The number of nitrogens with one attached hydrogen (secondary N) is 1. The number of hydrogen-bond acceptors (Lipinski definition) is 2. The van der Waals surface area contributed by atoms with Crippen LogP contribution in [0.25, 0.3) is 0 Å². The molecule has 12 heavy (non-hydrogen) atoms. The largest absolute Gasteiger partial charge is 0.448 e. The van der Waals surface area contributed by atoms with E-state index in [1.165, 1.54) is 19.3 Å². The van der Waals surface area contributed by atoms with Crippen molar-refractivity contribution >= 4 is 11.6 Å². The van der Waals surface area contributed by atoms with Crippen LogP contribution in [0.4, 0.5) is 0 Å². The molecule has 0 radical (unpaired) electrons. The molecule has 0 amide bonds. The van der Waals surface area contributed by atoms with Crippen LogP contribution >= 0.6 is 11.6 Å². The van der Waals surface area contributed by atoms with Crippen molar-refractivity contribution in [2.75, 3.05) is 0 Å². The highest BCUT2D eigenvalue weighted by Crippen LogP contribution is 2.19. The second kappa shape index (κ2) is 3.50. The Labute approximate surface area is 76.9 Å². The van der Waals surface area contributed by atoms with E-state index in [0.29, 0.717) is 11.3 Å². The van der Waals surface area contributed by atoms with E-state index in [9.17, 15) is 0 Å². The topological polar surface area (TPSA) is 25.2 Å². The molecule has 0 unspecified atom stereocenters. The molecule has 1 N–H and O–H groups in total. The molecule has 3 heteroatoms. The summed E-state index contributed by atoms with van der Waals surface area (Å²) in [5.74, 6) is 0.923. The van der Waals surface area contributed by atoms with Crippen molar-refractivity contribution in [1.29, 1.82) is 0 Å². The number of hydrogen-bond donors (Lipinski definition) is 1. The summed E-state index contributed by atoms with van der Waals surface area (Å²) in [4.78, 5) is 0. The minimum atomic E-state index is 0.473. The third kappa shape index (κ3) is 1.82. The maximum absolute atomic E-state index is 5.63. The molecule has 0 aliphatic heterocycles. The zero-order valence-corrected chi connectivity index (χ0v) is 7.60. The fourth-order valence-electron chi connectivity index (χ4n) is 1.30. The van der Waals surface area contributed by atoms with Crippen LogP contribution in [0.15, 0.2) is 16.5 Å². The van der Waals surface area contributed by atoms with Gasteiger partial charge in [0.15, 0.2) is 5.22 Å². The van der Waals surface area contributed by atoms with Crippen LogP contribution in [0, 0.1) is 0 Å². The smallest absolute Gasteiger partial charge is 0.193 e. The fraction of sp³-hybridized carbons (Fsp3) is 0.556. The Hall–Kier alpha value is -0.470. The Balaban J connectivity index is 1.79. The van der Waals surface area contributed by atoms with Crippen LogP contribution in [0.5, 0.6) is 0 Å². The van der Waals surface area contributed by atoms with Crippen molar-refractivity contribution in [2.24, 2.45) is 0 Å². The third-order valence-corrected chi connectivity index (χ3v) is 2.50. The van der Waals surface area contributed by atoms with Crippen molar-refractivity contribution in [1.82, 2.24) is 5.32 Å². The molecule has 0 bridgehead atoms. The maximum Gasteiger partial charge on any atom is 0.193 e. The molecule has 2 nitrogen and oxygen atoms in total. The summed E-state index contributed by atoms with van der Waals surface area (Å²) >= 11 is 5.63. The molecule has 1 aliphatic rings. The first-order chi connectivity index (χ1) is 5.84. The Morgan fingerprint density at radius 3 is 2.83 bits per heavy atom. The Morgan fingerprint density at radius 1 is 1.50 bits per heavy atom. The maximum atomic E-state index is 5.63. The summed E-state index contributed by atoms with van der Waals surface area (Å²) < 4.78 is 5.21. The van der Waals surface area contributed by atoms with Gasteiger partial charge in [0.1, 0.15) is 5.76 Å². The average Bonchev–Trinajstić information content (AvgIpc) is 2.32. The minimum Gasteiger partial charge on any atom is -0.448 e. The van der Waals surface area contributed by atoms with Crippen molar-refractivity contribution in [3.05, 3.63) is 23.1 Å². The second-order valence-electron chi connectivity index (χ2n) is 3.21. The molecule has 66 valence electrons. The number of furan rings is 1. The molecule has 1 aromatic heterocycles. The molecule has 1 fully saturated rings. The standard InChI is InChI=1S/C9H12ClNO/c10-9-5-4-8(12-9)6-11-7-2-1-3-7/h4-5,7,11H,1-3,6H2. The lowest BCUT2D eigenvalue weighted by atomic mass is 9.93. The summed E-state index contributed by atoms with van der Waals surface area (Å²) in [6.07, 6.45) is 3.96. The van der Waals surface area contributed by atoms with Crippen molar-refractivity contribution in [3.63, 3.8) is 0 Å². The SMILES string of the molecule is Clc1ccc(CNC2CCC2)o1. The molecule has 0 atom stereocenters. The predicted molar refractivity (Wildman–Crippen MR) is 48.2 cm³/mol. The van der Waals surface area contributed by atoms with E-state index in [1.807, 2.05) is 6.07 Å². The van der Waals surface area contributed by atoms with Gasteiger partial charge in [-0.2, -0.15) is 0 Å². The van der Waals surface area contributed by atoms with Crippen molar-refractivity contribution < 1.29 is 4.42 Å². The molecule has 2 rings (SSSR count). The van der Waals surface area contributed by atoms with Gasteiger partial charge in [-0.15, -0.1) is 0 Å². The van der Waals surface area contributed by atoms with Gasteiger partial charge in [0.05, 0.1) is 6.54 Å². The van der Waals surface area contributed by atoms with Gasteiger partial charge in [0.25, 0.3) is 0 Å². The Morgan fingerprint density at radius 2 is 2.33 bits per heavy atom. The Bertz CT molecular complexity index is 255. The lowest BCUT2D eigenvalue weighted by Crippen LogP contribution is -2.34. The van der Waals surface area contributed by atoms with Gasteiger partial charge in [0, 0.05) is 6.04 Å². The van der Waals surface area contributed by atoms with E-state index in [-0.39, 0.29) is 0 Å². The molecule has 1 aliphatic carbocycles. The van der Waals surface area contributed by atoms with Gasteiger partial charge in [-0.3, -0.25) is 0 Å². The van der Waals surface area contributed by atoms with Crippen LogP contribution in [0.3, 0.4) is 0 Å². The zero-order valence-electron chi connectivity index (χ0n) is 6.85. The van der Waals surface area contributed by atoms with Crippen molar-refractivity contribution in [3.8, 4) is 0 Å². The zero-order chi connectivity index (χ0) is 8.39. The van der Waals surface area contributed by atoms with E-state index in [1.54, 1.807) is 6.07 Å². The van der Waals surface area contributed by atoms with Gasteiger partial charge < -0.3 is 9.73 Å². The van der Waals surface area contributed by atoms with Crippen molar-refractivity contribution in [2.45, 2.75) is 31.8 Å². The predicted octanol–water partition coefficient (Wildman–Crippen LogP) is 2.58. The van der Waals surface area contributed by atoms with E-state index < -0.39 is 0 Å². The van der Waals surface area contributed by atoms with Gasteiger partial charge >= 0.3 is 0 Å². The number of rotatable bonds is 3. The number of halogens is 1. The normalized spacial score (nSPS) is 17.8. The summed E-state index contributed by atoms with van der Waals surface area (Å²) in [6.45, 7) is 0.803. The van der Waals surface area contributed by atoms with E-state index >= 15 is 0 Å². The van der Waals surface area contributed by atoms with Crippen LogP contribution in [0.2, 0.25) is 5.22 Å². The molecule has 1 heterocycles. The molecule has 0 aromatic carbocycles. The van der Waals surface area contributed by atoms with Gasteiger partial charge in [0.2, 0.25) is 0 Å². The minimum absolute atomic E-state index is 0.473. The van der Waals surface area contributed by atoms with Crippen LogP contribution in [-0.2, 0) is 6.54 Å². The first kappa shape index (κ1) is 8.14. The Kier molecular flexibility index (Phi) is 2.38. The highest BCUT2D eigenvalue weighted by molar-refractivity contribution is 6.28. The highest BCUT2D eigenvalue weighted by Gasteiger charge is 2.16. The van der Waals surface area contributed by atoms with Crippen LogP contribution < -0.4 is 5.32 Å². The van der Waals surface area contributed by atoms with Gasteiger partial charge in [-0.1, -0.05) is 6.42 Å². The molecular weight excluding hydrogens is 174 g/mol. The molecule has 0 saturated heterocycles. The summed E-state index contributed by atoms with van der Waals surface area (Å²) in [6, 6.07) is 4.39. The molecule has 0 spiro atoms. The van der Waals surface area contributed by atoms with Crippen LogP contribution in [-0.4, -0.2) is 6.04 Å². The van der Waals surface area contributed by atoms with E-state index in [0.717, 1.165) is 12.3 Å². The van der Waals surface area contributed by atoms with E-state index in [4.69, 9.17) is 16.0 Å². The van der Waals surface area contributed by atoms with Crippen LogP contribution in [0.1, 0.15) is 25.0 Å². The summed E-state index contributed by atoms with van der Waals surface area (Å²) in [5, 5.41) is 3.87. The quantitative estimate of drug-likeness (QED) is 0.783. The second-order valence-corrected chi connectivity index (χ2v) is 3.59. The van der Waals surface area contributed by atoms with E-state index in [2.05, 4.69) is 5.32 Å². The average molecular weight is 186 g/mol. The molecule has 1 saturated carbocycles. The summed E-state index contributed by atoms with van der Waals surface area (Å²) in [5.41, 5.74) is 0. The molecule has 1 aromatic rings. The third-order valence-electron chi connectivity index (χ3n) is 2.30. The fourth-order valence-corrected chi connectivity index (χ4v) is 1.47.